The van der Waals surface area contributed by atoms with Crippen molar-refractivity contribution >= 4 is 5.69 Å². The van der Waals surface area contributed by atoms with Crippen molar-refractivity contribution in [2.45, 2.75) is 52.1 Å². The number of tetrazole rings is 1. The van der Waals surface area contributed by atoms with E-state index >= 15 is 0 Å². The molecule has 7 nitrogen and oxygen atoms in total. The maximum Gasteiger partial charge on any atom is 0.209 e. The number of nitrogens with zero attached hydrogens (tertiary/aromatic N) is 5. The monoisotopic (exact) mass is 373 g/mol. The third-order valence-electron chi connectivity index (χ3n) is 5.35. The Balaban J connectivity index is 1.71. The Morgan fingerprint density at radius 3 is 2.37 bits per heavy atom. The van der Waals surface area contributed by atoms with Crippen molar-refractivity contribution in [3.63, 3.8) is 0 Å². The van der Waals surface area contributed by atoms with Gasteiger partial charge in [0.15, 0.2) is 0 Å². The van der Waals surface area contributed by atoms with E-state index < -0.39 is 0 Å². The minimum Gasteiger partial charge on any atom is -0.497 e. The summed E-state index contributed by atoms with van der Waals surface area (Å²) in [4.78, 5) is 4.04. The summed E-state index contributed by atoms with van der Waals surface area (Å²) in [5, 5.41) is 12.7. The average molecular weight is 374 g/mol. The predicted molar refractivity (Wildman–Crippen MR) is 106 cm³/mol. The maximum atomic E-state index is 5.27. The molecule has 0 aliphatic carbocycles. The van der Waals surface area contributed by atoms with Crippen LogP contribution in [0.25, 0.3) is 0 Å². The number of quaternary nitrogens is 1. The van der Waals surface area contributed by atoms with Crippen LogP contribution >= 0.6 is 0 Å². The summed E-state index contributed by atoms with van der Waals surface area (Å²) in [6.07, 6.45) is 2.24. The molecule has 0 radical (unpaired) electrons. The van der Waals surface area contributed by atoms with Crippen molar-refractivity contribution in [1.82, 2.24) is 20.2 Å². The number of benzene rings is 1. The molecule has 1 aromatic heterocycles. The Labute approximate surface area is 162 Å². The first kappa shape index (κ1) is 19.6. The van der Waals surface area contributed by atoms with E-state index in [9.17, 15) is 0 Å². The van der Waals surface area contributed by atoms with E-state index in [2.05, 4.69) is 60.3 Å². The third-order valence-corrected chi connectivity index (χ3v) is 5.35. The largest absolute Gasteiger partial charge is 0.497 e. The van der Waals surface area contributed by atoms with Gasteiger partial charge in [0.2, 0.25) is 5.82 Å². The Kier molecular flexibility index (Phi) is 5.99. The van der Waals surface area contributed by atoms with Gasteiger partial charge in [-0.05, 0) is 55.5 Å². The van der Waals surface area contributed by atoms with Gasteiger partial charge in [-0.2, -0.15) is 0 Å². The lowest BCUT2D eigenvalue weighted by molar-refractivity contribution is -0.933. The molecule has 27 heavy (non-hydrogen) atoms. The molecule has 1 saturated heterocycles. The van der Waals surface area contributed by atoms with Gasteiger partial charge in [-0.3, -0.25) is 0 Å². The second kappa shape index (κ2) is 8.25. The number of rotatable bonds is 6. The van der Waals surface area contributed by atoms with E-state index in [1.807, 2.05) is 16.8 Å². The molecule has 0 amide bonds. The molecule has 2 heterocycles. The molecule has 0 unspecified atom stereocenters. The van der Waals surface area contributed by atoms with Crippen LogP contribution in [0.2, 0.25) is 0 Å². The quantitative estimate of drug-likeness (QED) is 0.835. The highest BCUT2D eigenvalue weighted by atomic mass is 16.5. The van der Waals surface area contributed by atoms with Crippen LogP contribution in [0.15, 0.2) is 24.3 Å². The average Bonchev–Trinajstić information content (AvgIpc) is 3.16. The van der Waals surface area contributed by atoms with Crippen LogP contribution < -0.4 is 14.5 Å². The van der Waals surface area contributed by atoms with Crippen molar-refractivity contribution in [2.24, 2.45) is 0 Å². The van der Waals surface area contributed by atoms with Gasteiger partial charge < -0.3 is 14.5 Å². The molecule has 1 aliphatic rings. The third kappa shape index (κ3) is 4.40. The van der Waals surface area contributed by atoms with Crippen molar-refractivity contribution in [3.8, 4) is 5.75 Å². The first-order valence-electron chi connectivity index (χ1n) is 9.96. The molecule has 1 N–H and O–H groups in total. The first-order chi connectivity index (χ1) is 12.9. The second-order valence-electron chi connectivity index (χ2n) is 8.30. The maximum absolute atomic E-state index is 5.27. The molecule has 0 spiro atoms. The molecule has 3 rings (SSSR count). The fourth-order valence-electron chi connectivity index (χ4n) is 3.89. The molecule has 1 atom stereocenters. The minimum absolute atomic E-state index is 0.102. The summed E-state index contributed by atoms with van der Waals surface area (Å²) < 4.78 is 7.28. The zero-order chi connectivity index (χ0) is 19.4. The van der Waals surface area contributed by atoms with E-state index in [0.29, 0.717) is 6.04 Å². The van der Waals surface area contributed by atoms with Gasteiger partial charge in [-0.15, -0.1) is 5.10 Å². The first-order valence-corrected chi connectivity index (χ1v) is 9.96. The predicted octanol–water partition coefficient (Wildman–Crippen LogP) is 1.68. The van der Waals surface area contributed by atoms with Crippen LogP contribution in [-0.2, 0) is 5.54 Å². The molecule has 0 saturated carbocycles. The number of ether oxygens (including phenoxy) is 1. The lowest BCUT2D eigenvalue weighted by Crippen LogP contribution is -3.15. The lowest BCUT2D eigenvalue weighted by atomic mass is 10.0. The number of aromatic nitrogens is 4. The standard InChI is InChI=1S/C20H32N6O/c1-6-7-18(19-21-22-23-26(19)20(2,3)4)25-14-12-24(13-15-25)16-8-10-17(27-5)11-9-16/h8-11,18H,6-7,12-15H2,1-5H3/p+1/t18-/m1/s1. The normalized spacial score (nSPS) is 17.1. The summed E-state index contributed by atoms with van der Waals surface area (Å²) in [6.45, 7) is 13.0. The SMILES string of the molecule is CCC[C@H](c1nnnn1C(C)(C)C)[NH+]1CCN(c2ccc(OC)cc2)CC1. The zero-order valence-corrected chi connectivity index (χ0v) is 17.3. The van der Waals surface area contributed by atoms with E-state index in [0.717, 1.165) is 50.6 Å². The molecular weight excluding hydrogens is 340 g/mol. The molecule has 1 aliphatic heterocycles. The van der Waals surface area contributed by atoms with Crippen molar-refractivity contribution in [2.75, 3.05) is 38.2 Å². The van der Waals surface area contributed by atoms with Gasteiger partial charge in [0.25, 0.3) is 0 Å². The Morgan fingerprint density at radius 1 is 1.15 bits per heavy atom. The Hall–Kier alpha value is -2.15. The van der Waals surface area contributed by atoms with Crippen LogP contribution in [-0.4, -0.2) is 53.5 Å². The Morgan fingerprint density at radius 2 is 1.81 bits per heavy atom. The molecular formula is C20H33N6O+. The number of hydrogen-bond donors (Lipinski definition) is 1. The van der Waals surface area contributed by atoms with Crippen LogP contribution in [0.5, 0.6) is 5.75 Å². The van der Waals surface area contributed by atoms with Gasteiger partial charge in [0, 0.05) is 12.1 Å². The topological polar surface area (TPSA) is 60.5 Å². The highest BCUT2D eigenvalue weighted by Gasteiger charge is 2.34. The molecule has 1 fully saturated rings. The number of piperazine rings is 1. The van der Waals surface area contributed by atoms with Gasteiger partial charge in [0.05, 0.1) is 38.8 Å². The van der Waals surface area contributed by atoms with Gasteiger partial charge >= 0.3 is 0 Å². The van der Waals surface area contributed by atoms with Gasteiger partial charge in [0.1, 0.15) is 11.8 Å². The molecule has 2 aromatic rings. The molecule has 0 bridgehead atoms. The smallest absolute Gasteiger partial charge is 0.209 e. The van der Waals surface area contributed by atoms with Crippen LogP contribution in [0.1, 0.15) is 52.4 Å². The van der Waals surface area contributed by atoms with Crippen molar-refractivity contribution in [1.29, 1.82) is 0 Å². The van der Waals surface area contributed by atoms with Gasteiger partial charge in [-0.1, -0.05) is 13.3 Å². The fourth-order valence-corrected chi connectivity index (χ4v) is 3.89. The molecule has 7 heteroatoms. The van der Waals surface area contributed by atoms with E-state index in [4.69, 9.17) is 4.74 Å². The summed E-state index contributed by atoms with van der Waals surface area (Å²) in [6, 6.07) is 8.71. The fraction of sp³-hybridized carbons (Fsp3) is 0.650. The molecule has 148 valence electrons. The summed E-state index contributed by atoms with van der Waals surface area (Å²) >= 11 is 0. The van der Waals surface area contributed by atoms with Gasteiger partial charge in [-0.25, -0.2) is 4.68 Å². The minimum atomic E-state index is -0.102. The molecule has 1 aromatic carbocycles. The van der Waals surface area contributed by atoms with Crippen LogP contribution in [0.3, 0.4) is 0 Å². The second-order valence-corrected chi connectivity index (χ2v) is 8.30. The zero-order valence-electron chi connectivity index (χ0n) is 17.3. The summed E-state index contributed by atoms with van der Waals surface area (Å²) in [7, 11) is 1.70. The van der Waals surface area contributed by atoms with Crippen LogP contribution in [0.4, 0.5) is 5.69 Å². The number of hydrogen-bond acceptors (Lipinski definition) is 5. The van der Waals surface area contributed by atoms with E-state index in [1.54, 1.807) is 12.0 Å². The van der Waals surface area contributed by atoms with E-state index in [-0.39, 0.29) is 5.54 Å². The van der Waals surface area contributed by atoms with Crippen LogP contribution in [0, 0.1) is 0 Å². The lowest BCUT2D eigenvalue weighted by Gasteiger charge is -2.37. The summed E-state index contributed by atoms with van der Waals surface area (Å²) in [5.41, 5.74) is 1.16. The number of methoxy groups -OCH3 is 1. The Bertz CT molecular complexity index is 713. The highest BCUT2D eigenvalue weighted by Crippen LogP contribution is 2.22. The van der Waals surface area contributed by atoms with Crippen molar-refractivity contribution < 1.29 is 9.64 Å². The summed E-state index contributed by atoms with van der Waals surface area (Å²) in [5.74, 6) is 1.93. The number of anilines is 1. The van der Waals surface area contributed by atoms with E-state index in [1.165, 1.54) is 5.69 Å². The highest BCUT2D eigenvalue weighted by molar-refractivity contribution is 5.49. The van der Waals surface area contributed by atoms with Crippen molar-refractivity contribution in [3.05, 3.63) is 30.1 Å². The number of nitrogens with one attached hydrogen (secondary N) is 1.